The molecule has 3 heterocycles. The second-order valence-electron chi connectivity index (χ2n) is 10.3. The summed E-state index contributed by atoms with van der Waals surface area (Å²) in [6, 6.07) is 9.79. The summed E-state index contributed by atoms with van der Waals surface area (Å²) in [5.74, 6) is 2.77. The lowest BCUT2D eigenvalue weighted by Crippen LogP contribution is -2.44. The number of hydrogen-bond donors (Lipinski definition) is 0. The molecule has 0 bridgehead atoms. The van der Waals surface area contributed by atoms with E-state index in [2.05, 4.69) is 52.4 Å². The zero-order chi connectivity index (χ0) is 24.7. The van der Waals surface area contributed by atoms with E-state index in [1.54, 1.807) is 18.3 Å². The van der Waals surface area contributed by atoms with Gasteiger partial charge in [-0.15, -0.1) is 0 Å². The fourth-order valence-electron chi connectivity index (χ4n) is 5.17. The van der Waals surface area contributed by atoms with Crippen molar-refractivity contribution in [3.8, 4) is 0 Å². The molecule has 1 aliphatic heterocycles. The molecule has 1 saturated heterocycles. The van der Waals surface area contributed by atoms with Crippen molar-refractivity contribution in [3.63, 3.8) is 0 Å². The molecule has 0 amide bonds. The molecular formula is C26H35N5O2S2. The maximum absolute atomic E-state index is 13.3. The first-order valence-electron chi connectivity index (χ1n) is 12.5. The Morgan fingerprint density at radius 1 is 1.14 bits per heavy atom. The summed E-state index contributed by atoms with van der Waals surface area (Å²) in [7, 11) is -1.66. The molecule has 188 valence electrons. The Hall–Kier alpha value is -2.10. The Morgan fingerprint density at radius 2 is 1.89 bits per heavy atom. The Kier molecular flexibility index (Phi) is 6.85. The van der Waals surface area contributed by atoms with E-state index in [4.69, 9.17) is 0 Å². The van der Waals surface area contributed by atoms with Crippen molar-refractivity contribution in [3.05, 3.63) is 48.4 Å². The summed E-state index contributed by atoms with van der Waals surface area (Å²) in [6.45, 7) is 8.97. The predicted octanol–water partition coefficient (Wildman–Crippen LogP) is 4.41. The van der Waals surface area contributed by atoms with Gasteiger partial charge in [-0.25, -0.2) is 22.4 Å². The van der Waals surface area contributed by atoms with E-state index in [9.17, 15) is 8.42 Å². The maximum atomic E-state index is 13.3. The van der Waals surface area contributed by atoms with E-state index in [0.29, 0.717) is 17.7 Å². The van der Waals surface area contributed by atoms with Crippen LogP contribution >= 0.6 is 11.8 Å². The average Bonchev–Trinajstić information content (AvgIpc) is 3.46. The number of likely N-dealkylation sites (tertiary alicyclic amines) is 1. The van der Waals surface area contributed by atoms with Gasteiger partial charge >= 0.3 is 0 Å². The third-order valence-electron chi connectivity index (χ3n) is 7.57. The molecule has 1 aliphatic carbocycles. The van der Waals surface area contributed by atoms with Gasteiger partial charge in [-0.2, -0.15) is 11.8 Å². The SMILES string of the molecule is Cc1ccc(S(=O)(=O)n2ccc3c(N(C)C4CC(CSC5CCN(C(C)C)C5)C4)ncnc32)cc1. The second-order valence-corrected chi connectivity index (χ2v) is 13.4. The van der Waals surface area contributed by atoms with E-state index >= 15 is 0 Å². The maximum Gasteiger partial charge on any atom is 0.269 e. The summed E-state index contributed by atoms with van der Waals surface area (Å²) in [5.41, 5.74) is 1.44. The van der Waals surface area contributed by atoms with Gasteiger partial charge in [-0.1, -0.05) is 17.7 Å². The van der Waals surface area contributed by atoms with Crippen LogP contribution < -0.4 is 4.90 Å². The highest BCUT2D eigenvalue weighted by atomic mass is 32.2. The van der Waals surface area contributed by atoms with Gasteiger partial charge in [0.2, 0.25) is 0 Å². The fourth-order valence-corrected chi connectivity index (χ4v) is 7.86. The van der Waals surface area contributed by atoms with Gasteiger partial charge in [0.25, 0.3) is 10.0 Å². The van der Waals surface area contributed by atoms with E-state index in [1.807, 2.05) is 25.1 Å². The third kappa shape index (κ3) is 4.82. The van der Waals surface area contributed by atoms with Gasteiger partial charge in [0.05, 0.1) is 10.3 Å². The first-order chi connectivity index (χ1) is 16.7. The van der Waals surface area contributed by atoms with E-state index in [-0.39, 0.29) is 4.90 Å². The van der Waals surface area contributed by atoms with Crippen molar-refractivity contribution in [2.75, 3.05) is 30.8 Å². The lowest BCUT2D eigenvalue weighted by molar-refractivity contribution is 0.276. The number of fused-ring (bicyclic) bond motifs is 1. The molecule has 1 saturated carbocycles. The Balaban J connectivity index is 1.25. The minimum Gasteiger partial charge on any atom is -0.356 e. The molecule has 3 aromatic rings. The van der Waals surface area contributed by atoms with Crippen molar-refractivity contribution < 1.29 is 8.42 Å². The Morgan fingerprint density at radius 3 is 2.57 bits per heavy atom. The van der Waals surface area contributed by atoms with Gasteiger partial charge in [0.1, 0.15) is 12.1 Å². The van der Waals surface area contributed by atoms with Crippen molar-refractivity contribution in [2.24, 2.45) is 5.92 Å². The number of anilines is 1. The molecule has 2 fully saturated rings. The van der Waals surface area contributed by atoms with Gasteiger partial charge in [0.15, 0.2) is 5.65 Å². The summed E-state index contributed by atoms with van der Waals surface area (Å²) in [6.07, 6.45) is 6.67. The highest BCUT2D eigenvalue weighted by Gasteiger charge is 2.35. The number of hydrogen-bond acceptors (Lipinski definition) is 7. The molecule has 0 N–H and O–H groups in total. The van der Waals surface area contributed by atoms with Gasteiger partial charge in [-0.05, 0) is 76.4 Å². The monoisotopic (exact) mass is 513 g/mol. The fraction of sp³-hybridized carbons (Fsp3) is 0.538. The lowest BCUT2D eigenvalue weighted by Gasteiger charge is -2.42. The van der Waals surface area contributed by atoms with Crippen LogP contribution in [0.5, 0.6) is 0 Å². The van der Waals surface area contributed by atoms with Crippen LogP contribution in [0.1, 0.15) is 38.7 Å². The largest absolute Gasteiger partial charge is 0.356 e. The molecule has 1 unspecified atom stereocenters. The molecule has 2 aromatic heterocycles. The van der Waals surface area contributed by atoms with Gasteiger partial charge in [-0.3, -0.25) is 4.90 Å². The van der Waals surface area contributed by atoms with Crippen molar-refractivity contribution in [1.29, 1.82) is 0 Å². The third-order valence-corrected chi connectivity index (χ3v) is 10.8. The van der Waals surface area contributed by atoms with Gasteiger partial charge < -0.3 is 4.90 Å². The van der Waals surface area contributed by atoms with Gasteiger partial charge in [0, 0.05) is 37.1 Å². The van der Waals surface area contributed by atoms with Crippen molar-refractivity contribution >= 4 is 38.6 Å². The Labute approximate surface area is 213 Å². The normalized spacial score (nSPS) is 23.2. The van der Waals surface area contributed by atoms with Crippen LogP contribution in [0.25, 0.3) is 11.0 Å². The quantitative estimate of drug-likeness (QED) is 0.442. The van der Waals surface area contributed by atoms with Crippen LogP contribution in [-0.4, -0.2) is 70.5 Å². The molecular weight excluding hydrogens is 478 g/mol. The molecule has 7 nitrogen and oxygen atoms in total. The first kappa shape index (κ1) is 24.6. The predicted molar refractivity (Wildman–Crippen MR) is 144 cm³/mol. The van der Waals surface area contributed by atoms with E-state index < -0.39 is 10.0 Å². The van der Waals surface area contributed by atoms with Crippen LogP contribution in [0.2, 0.25) is 0 Å². The molecule has 1 atom stereocenters. The number of aryl methyl sites for hydroxylation is 1. The average molecular weight is 514 g/mol. The molecule has 35 heavy (non-hydrogen) atoms. The summed E-state index contributed by atoms with van der Waals surface area (Å²) >= 11 is 2.15. The first-order valence-corrected chi connectivity index (χ1v) is 15.0. The number of rotatable bonds is 8. The highest BCUT2D eigenvalue weighted by Crippen LogP contribution is 2.39. The summed E-state index contributed by atoms with van der Waals surface area (Å²) < 4.78 is 27.8. The van der Waals surface area contributed by atoms with Crippen LogP contribution in [0, 0.1) is 12.8 Å². The molecule has 0 radical (unpaired) electrons. The molecule has 1 aromatic carbocycles. The van der Waals surface area contributed by atoms with Crippen LogP contribution in [-0.2, 0) is 10.0 Å². The van der Waals surface area contributed by atoms with E-state index in [1.165, 1.54) is 35.6 Å². The topological polar surface area (TPSA) is 71.3 Å². The van der Waals surface area contributed by atoms with Crippen LogP contribution in [0.4, 0.5) is 5.82 Å². The summed E-state index contributed by atoms with van der Waals surface area (Å²) in [4.78, 5) is 13.9. The molecule has 9 heteroatoms. The lowest BCUT2D eigenvalue weighted by atomic mass is 9.81. The number of thioether (sulfide) groups is 1. The minimum atomic E-state index is -3.73. The zero-order valence-corrected chi connectivity index (χ0v) is 22.6. The minimum absolute atomic E-state index is 0.257. The molecule has 2 aliphatic rings. The van der Waals surface area contributed by atoms with Crippen molar-refractivity contribution in [2.45, 2.75) is 62.3 Å². The summed E-state index contributed by atoms with van der Waals surface area (Å²) in [5, 5.41) is 1.54. The number of aromatic nitrogens is 3. The Bertz CT molecular complexity index is 1280. The van der Waals surface area contributed by atoms with E-state index in [0.717, 1.165) is 40.8 Å². The second kappa shape index (κ2) is 9.75. The number of nitrogens with zero attached hydrogens (tertiary/aromatic N) is 5. The molecule has 5 rings (SSSR count). The molecule has 0 spiro atoms. The highest BCUT2D eigenvalue weighted by molar-refractivity contribution is 7.99. The smallest absolute Gasteiger partial charge is 0.269 e. The van der Waals surface area contributed by atoms with Crippen LogP contribution in [0.3, 0.4) is 0 Å². The number of benzene rings is 1. The zero-order valence-electron chi connectivity index (χ0n) is 21.0. The standard InChI is InChI=1S/C26H35N5O2S2/c1-18(2)30-11-9-22(15-30)34-16-20-13-21(14-20)29(4)25-24-10-12-31(26(24)28-17-27-25)35(32,33)23-7-5-19(3)6-8-23/h5-8,10,12,17-18,20-22H,9,11,13-16H2,1-4H3. The van der Waals surface area contributed by atoms with Crippen molar-refractivity contribution in [1.82, 2.24) is 18.8 Å². The van der Waals surface area contributed by atoms with Crippen LogP contribution in [0.15, 0.2) is 47.8 Å².